The number of benzene rings is 1. The molecule has 1 fully saturated rings. The van der Waals surface area contributed by atoms with E-state index in [-0.39, 0.29) is 10.9 Å². The van der Waals surface area contributed by atoms with Crippen molar-refractivity contribution in [2.75, 3.05) is 0 Å². The minimum atomic E-state index is -1.27. The van der Waals surface area contributed by atoms with Crippen LogP contribution in [0.3, 0.4) is 0 Å². The molecule has 2 amide bonds. The van der Waals surface area contributed by atoms with Gasteiger partial charge in [-0.15, -0.1) is 11.8 Å². The first-order chi connectivity index (χ1) is 10.9. The second kappa shape index (κ2) is 7.49. The van der Waals surface area contributed by atoms with Crippen LogP contribution in [-0.4, -0.2) is 34.3 Å². The van der Waals surface area contributed by atoms with Gasteiger partial charge in [0.15, 0.2) is 0 Å². The molecule has 0 unspecified atom stereocenters. The standard InChI is InChI=1S/C14H14ClN3O4S/c15-8(14(21)22)6-23-13-10(12(20)18-13)17-11(19)9(16)7-4-2-1-3-5-7/h1-6,9-10,13H,16H2,(H,17,19)(H,18,20)(H,21,22)/b8-6+/t9-,10-,13-/m1/s1. The van der Waals surface area contributed by atoms with Crippen LogP contribution in [0.2, 0.25) is 0 Å². The minimum Gasteiger partial charge on any atom is -0.477 e. The number of carboxylic acids is 1. The molecule has 7 nitrogen and oxygen atoms in total. The summed E-state index contributed by atoms with van der Waals surface area (Å²) in [5.74, 6) is -2.12. The van der Waals surface area contributed by atoms with E-state index in [0.29, 0.717) is 5.56 Å². The van der Waals surface area contributed by atoms with Crippen molar-refractivity contribution < 1.29 is 19.5 Å². The van der Waals surface area contributed by atoms with Crippen molar-refractivity contribution in [2.24, 2.45) is 5.73 Å². The van der Waals surface area contributed by atoms with Gasteiger partial charge in [-0.25, -0.2) is 4.79 Å². The molecule has 0 aliphatic carbocycles. The fourth-order valence-corrected chi connectivity index (χ4v) is 2.90. The lowest BCUT2D eigenvalue weighted by molar-refractivity contribution is -0.134. The fraction of sp³-hybridized carbons (Fsp3) is 0.214. The summed E-state index contributed by atoms with van der Waals surface area (Å²) in [4.78, 5) is 34.3. The van der Waals surface area contributed by atoms with Gasteiger partial charge in [0.2, 0.25) is 11.8 Å². The Hall–Kier alpha value is -2.03. The highest BCUT2D eigenvalue weighted by atomic mass is 35.5. The monoisotopic (exact) mass is 355 g/mol. The third-order valence-corrected chi connectivity index (χ3v) is 4.59. The summed E-state index contributed by atoms with van der Waals surface area (Å²) < 4.78 is 0. The van der Waals surface area contributed by atoms with E-state index in [1.54, 1.807) is 30.3 Å². The molecule has 1 aromatic rings. The lowest BCUT2D eigenvalue weighted by Gasteiger charge is -2.36. The van der Waals surface area contributed by atoms with Crippen molar-refractivity contribution in [2.45, 2.75) is 17.5 Å². The summed E-state index contributed by atoms with van der Waals surface area (Å²) in [6, 6.07) is 7.06. The zero-order valence-corrected chi connectivity index (χ0v) is 13.3. The van der Waals surface area contributed by atoms with Gasteiger partial charge in [-0.2, -0.15) is 0 Å². The number of carbonyl (C=O) groups is 3. The van der Waals surface area contributed by atoms with Crippen LogP contribution in [0.25, 0.3) is 0 Å². The Morgan fingerprint density at radius 3 is 2.61 bits per heavy atom. The average molecular weight is 356 g/mol. The third kappa shape index (κ3) is 4.25. The number of aliphatic carboxylic acids is 1. The molecule has 5 N–H and O–H groups in total. The van der Waals surface area contributed by atoms with E-state index >= 15 is 0 Å². The number of amides is 2. The predicted molar refractivity (Wildman–Crippen MR) is 86.4 cm³/mol. The number of carbonyl (C=O) groups excluding carboxylic acids is 2. The fourth-order valence-electron chi connectivity index (χ4n) is 1.85. The summed E-state index contributed by atoms with van der Waals surface area (Å²) in [6.07, 6.45) is 0. The number of hydrogen-bond donors (Lipinski definition) is 4. The van der Waals surface area contributed by atoms with Crippen LogP contribution in [0.5, 0.6) is 0 Å². The van der Waals surface area contributed by atoms with E-state index in [2.05, 4.69) is 10.6 Å². The molecule has 2 rings (SSSR count). The highest BCUT2D eigenvalue weighted by Gasteiger charge is 2.41. The molecule has 0 saturated carbocycles. The third-order valence-electron chi connectivity index (χ3n) is 3.13. The Kier molecular flexibility index (Phi) is 5.64. The number of rotatable bonds is 6. The maximum absolute atomic E-state index is 12.1. The lowest BCUT2D eigenvalue weighted by Crippen LogP contribution is -2.68. The van der Waals surface area contributed by atoms with Crippen molar-refractivity contribution in [3.8, 4) is 0 Å². The number of β-lactam (4-membered cyclic amide) rings is 1. The summed E-state index contributed by atoms with van der Waals surface area (Å²) in [5, 5.41) is 14.1. The largest absolute Gasteiger partial charge is 0.477 e. The SMILES string of the molecule is N[C@@H](C(=O)N[C@@H]1C(=O)N[C@@H]1S/C=C(/Cl)C(=O)O)c1ccccc1. The van der Waals surface area contributed by atoms with Crippen molar-refractivity contribution in [1.82, 2.24) is 10.6 Å². The van der Waals surface area contributed by atoms with Crippen LogP contribution in [0.4, 0.5) is 0 Å². The van der Waals surface area contributed by atoms with Gasteiger partial charge >= 0.3 is 5.97 Å². The zero-order chi connectivity index (χ0) is 17.0. The van der Waals surface area contributed by atoms with Crippen LogP contribution in [0.15, 0.2) is 40.8 Å². The second-order valence-corrected chi connectivity index (χ2v) is 6.13. The van der Waals surface area contributed by atoms with E-state index in [0.717, 1.165) is 11.8 Å². The number of halogens is 1. The summed E-state index contributed by atoms with van der Waals surface area (Å²) in [6.45, 7) is 0. The number of thioether (sulfide) groups is 1. The normalized spacial score (nSPS) is 21.8. The molecule has 3 atom stereocenters. The van der Waals surface area contributed by atoms with E-state index < -0.39 is 29.3 Å². The Balaban J connectivity index is 1.95. The molecule has 0 radical (unpaired) electrons. The predicted octanol–water partition coefficient (Wildman–Crippen LogP) is 0.525. The van der Waals surface area contributed by atoms with Crippen LogP contribution in [0, 0.1) is 0 Å². The molecule has 0 aromatic heterocycles. The Morgan fingerprint density at radius 1 is 1.39 bits per heavy atom. The highest BCUT2D eigenvalue weighted by molar-refractivity contribution is 8.03. The van der Waals surface area contributed by atoms with Crippen LogP contribution >= 0.6 is 23.4 Å². The van der Waals surface area contributed by atoms with Gasteiger partial charge < -0.3 is 21.5 Å². The maximum Gasteiger partial charge on any atom is 0.347 e. The summed E-state index contributed by atoms with van der Waals surface area (Å²) >= 11 is 6.48. The number of carboxylic acid groups (broad SMARTS) is 1. The first kappa shape index (κ1) is 17.3. The Bertz CT molecular complexity index is 653. The van der Waals surface area contributed by atoms with Gasteiger partial charge in [-0.05, 0) is 11.0 Å². The van der Waals surface area contributed by atoms with Crippen LogP contribution in [-0.2, 0) is 14.4 Å². The second-order valence-electron chi connectivity index (χ2n) is 4.71. The molecular formula is C14H14ClN3O4S. The average Bonchev–Trinajstić information content (AvgIpc) is 2.55. The van der Waals surface area contributed by atoms with Crippen molar-refractivity contribution >= 4 is 41.1 Å². The molecule has 0 spiro atoms. The van der Waals surface area contributed by atoms with Crippen LogP contribution in [0.1, 0.15) is 11.6 Å². The van der Waals surface area contributed by atoms with Gasteiger partial charge in [0, 0.05) is 0 Å². The topological polar surface area (TPSA) is 122 Å². The van der Waals surface area contributed by atoms with Crippen molar-refractivity contribution in [3.63, 3.8) is 0 Å². The molecule has 9 heteroatoms. The molecule has 1 saturated heterocycles. The zero-order valence-electron chi connectivity index (χ0n) is 11.7. The maximum atomic E-state index is 12.1. The Labute approximate surface area is 141 Å². The first-order valence-corrected chi connectivity index (χ1v) is 7.88. The van der Waals surface area contributed by atoms with Crippen molar-refractivity contribution in [1.29, 1.82) is 0 Å². The van der Waals surface area contributed by atoms with Crippen molar-refractivity contribution in [3.05, 3.63) is 46.3 Å². The van der Waals surface area contributed by atoms with Gasteiger partial charge in [0.25, 0.3) is 0 Å². The van der Waals surface area contributed by atoms with Gasteiger partial charge in [0.1, 0.15) is 22.5 Å². The van der Waals surface area contributed by atoms with E-state index in [4.69, 9.17) is 22.4 Å². The Morgan fingerprint density at radius 2 is 2.04 bits per heavy atom. The molecule has 0 bridgehead atoms. The molecule has 23 heavy (non-hydrogen) atoms. The highest BCUT2D eigenvalue weighted by Crippen LogP contribution is 2.24. The number of hydrogen-bond acceptors (Lipinski definition) is 5. The van der Waals surface area contributed by atoms with E-state index in [9.17, 15) is 14.4 Å². The van der Waals surface area contributed by atoms with E-state index in [1.807, 2.05) is 0 Å². The van der Waals surface area contributed by atoms with Gasteiger partial charge in [0.05, 0.1) is 0 Å². The lowest BCUT2D eigenvalue weighted by atomic mass is 10.1. The molecule has 1 aliphatic heterocycles. The summed E-state index contributed by atoms with van der Waals surface area (Å²) in [5.41, 5.74) is 6.48. The summed E-state index contributed by atoms with van der Waals surface area (Å²) in [7, 11) is 0. The van der Waals surface area contributed by atoms with Gasteiger partial charge in [-0.3, -0.25) is 9.59 Å². The van der Waals surface area contributed by atoms with Gasteiger partial charge in [-0.1, -0.05) is 41.9 Å². The van der Waals surface area contributed by atoms with Crippen LogP contribution < -0.4 is 16.4 Å². The molecule has 1 aromatic carbocycles. The molecular weight excluding hydrogens is 342 g/mol. The molecule has 122 valence electrons. The first-order valence-electron chi connectivity index (χ1n) is 6.56. The smallest absolute Gasteiger partial charge is 0.347 e. The number of nitrogens with one attached hydrogen (secondary N) is 2. The van der Waals surface area contributed by atoms with E-state index in [1.165, 1.54) is 5.41 Å². The molecule has 1 aliphatic rings. The number of nitrogens with two attached hydrogens (primary N) is 1. The minimum absolute atomic E-state index is 0.365. The quantitative estimate of drug-likeness (QED) is 0.436. The molecule has 1 heterocycles.